The Balaban J connectivity index is 1.45. The van der Waals surface area contributed by atoms with E-state index in [0.29, 0.717) is 18.7 Å². The highest BCUT2D eigenvalue weighted by atomic mass is 32.2. The largest absolute Gasteiger partial charge is 0.324 e. The van der Waals surface area contributed by atoms with Gasteiger partial charge in [-0.2, -0.15) is 0 Å². The first-order valence-electron chi connectivity index (χ1n) is 9.30. The number of fused-ring (bicyclic) bond motifs is 1. The topological polar surface area (TPSA) is 62.3 Å². The third-order valence-electron chi connectivity index (χ3n) is 4.79. The molecule has 28 heavy (non-hydrogen) atoms. The van der Waals surface area contributed by atoms with Crippen molar-refractivity contribution in [2.24, 2.45) is 0 Å². The van der Waals surface area contributed by atoms with E-state index in [1.165, 1.54) is 11.8 Å². The summed E-state index contributed by atoms with van der Waals surface area (Å²) in [6, 6.07) is 17.5. The molecule has 2 aromatic carbocycles. The lowest BCUT2D eigenvalue weighted by Gasteiger charge is -2.19. The second-order valence-corrected chi connectivity index (χ2v) is 7.79. The fourth-order valence-corrected chi connectivity index (χ4v) is 4.21. The zero-order chi connectivity index (χ0) is 19.5. The molecule has 1 aliphatic rings. The highest BCUT2D eigenvalue weighted by molar-refractivity contribution is 7.99. The van der Waals surface area contributed by atoms with Crippen LogP contribution in [0.2, 0.25) is 0 Å². The van der Waals surface area contributed by atoms with E-state index < -0.39 is 0 Å². The minimum Gasteiger partial charge on any atom is -0.324 e. The van der Waals surface area contributed by atoms with Gasteiger partial charge in [0.2, 0.25) is 11.8 Å². The van der Waals surface area contributed by atoms with Crippen LogP contribution < -0.4 is 10.2 Å². The number of benzene rings is 2. The number of para-hydroxylation sites is 3. The van der Waals surface area contributed by atoms with Gasteiger partial charge in [-0.05, 0) is 43.2 Å². The predicted molar refractivity (Wildman–Crippen MR) is 114 cm³/mol. The van der Waals surface area contributed by atoms with E-state index in [-0.39, 0.29) is 17.6 Å². The van der Waals surface area contributed by atoms with Crippen molar-refractivity contribution in [3.63, 3.8) is 0 Å². The van der Waals surface area contributed by atoms with Crippen molar-refractivity contribution in [3.8, 4) is 0 Å². The maximum absolute atomic E-state index is 12.5. The lowest BCUT2D eigenvalue weighted by molar-refractivity contribution is -0.117. The summed E-state index contributed by atoms with van der Waals surface area (Å²) in [4.78, 5) is 31.0. The maximum Gasteiger partial charge on any atom is 0.234 e. The Bertz CT molecular complexity index is 1050. The zero-order valence-electron chi connectivity index (χ0n) is 15.6. The number of rotatable bonds is 5. The Kier molecular flexibility index (Phi) is 5.30. The molecule has 1 N–H and O–H groups in total. The number of carbonyl (C=O) groups excluding carboxylic acids is 2. The molecule has 2 heterocycles. The van der Waals surface area contributed by atoms with Gasteiger partial charge < -0.3 is 10.2 Å². The molecule has 142 valence electrons. The molecule has 1 saturated heterocycles. The first kappa shape index (κ1) is 18.5. The summed E-state index contributed by atoms with van der Waals surface area (Å²) in [5, 5.41) is 4.90. The van der Waals surface area contributed by atoms with Gasteiger partial charge in [0, 0.05) is 18.4 Å². The van der Waals surface area contributed by atoms with Gasteiger partial charge in [0.05, 0.1) is 27.7 Å². The number of amides is 2. The molecule has 0 bridgehead atoms. The van der Waals surface area contributed by atoms with Gasteiger partial charge in [0.1, 0.15) is 0 Å². The smallest absolute Gasteiger partial charge is 0.234 e. The molecule has 1 aromatic heterocycles. The number of nitrogens with one attached hydrogen (secondary N) is 1. The molecular weight excluding hydrogens is 370 g/mol. The third kappa shape index (κ3) is 3.87. The summed E-state index contributed by atoms with van der Waals surface area (Å²) in [6.45, 7) is 2.75. The summed E-state index contributed by atoms with van der Waals surface area (Å²) >= 11 is 1.41. The summed E-state index contributed by atoms with van der Waals surface area (Å²) in [7, 11) is 0. The Morgan fingerprint density at radius 1 is 1.18 bits per heavy atom. The van der Waals surface area contributed by atoms with E-state index >= 15 is 0 Å². The molecule has 0 aliphatic carbocycles. The molecule has 1 aliphatic heterocycles. The number of pyridine rings is 1. The molecule has 0 atom stereocenters. The van der Waals surface area contributed by atoms with Gasteiger partial charge in [-0.1, -0.05) is 42.1 Å². The zero-order valence-corrected chi connectivity index (χ0v) is 16.5. The van der Waals surface area contributed by atoms with Crippen molar-refractivity contribution in [2.45, 2.75) is 24.8 Å². The number of nitrogens with zero attached hydrogens (tertiary/aromatic N) is 2. The second kappa shape index (κ2) is 8.02. The number of anilines is 2. The first-order valence-corrected chi connectivity index (χ1v) is 10.3. The number of carbonyl (C=O) groups is 2. The van der Waals surface area contributed by atoms with Gasteiger partial charge in [-0.15, -0.1) is 0 Å². The van der Waals surface area contributed by atoms with Crippen molar-refractivity contribution in [3.05, 3.63) is 60.2 Å². The molecule has 3 aromatic rings. The minimum absolute atomic E-state index is 0.104. The second-order valence-electron chi connectivity index (χ2n) is 6.80. The van der Waals surface area contributed by atoms with Gasteiger partial charge in [-0.25, -0.2) is 4.98 Å². The SMILES string of the molecule is Cc1cc(SCC(=O)Nc2ccccc2N2CCCC2=O)nc2ccccc12. The van der Waals surface area contributed by atoms with Crippen LogP contribution in [0.25, 0.3) is 10.9 Å². The van der Waals surface area contributed by atoms with Crippen LogP contribution in [0.5, 0.6) is 0 Å². The summed E-state index contributed by atoms with van der Waals surface area (Å²) in [6.07, 6.45) is 1.41. The van der Waals surface area contributed by atoms with E-state index in [4.69, 9.17) is 0 Å². The van der Waals surface area contributed by atoms with Crippen LogP contribution in [-0.4, -0.2) is 29.1 Å². The lowest BCUT2D eigenvalue weighted by atomic mass is 10.1. The van der Waals surface area contributed by atoms with Crippen LogP contribution in [-0.2, 0) is 9.59 Å². The van der Waals surface area contributed by atoms with Crippen LogP contribution in [0.4, 0.5) is 11.4 Å². The average molecular weight is 391 g/mol. The Hall–Kier alpha value is -2.86. The van der Waals surface area contributed by atoms with Crippen molar-refractivity contribution in [2.75, 3.05) is 22.5 Å². The van der Waals surface area contributed by atoms with Gasteiger partial charge in [0.15, 0.2) is 0 Å². The number of thioether (sulfide) groups is 1. The summed E-state index contributed by atoms with van der Waals surface area (Å²) in [5.41, 5.74) is 3.52. The number of hydrogen-bond donors (Lipinski definition) is 1. The average Bonchev–Trinajstić information content (AvgIpc) is 3.13. The van der Waals surface area contributed by atoms with Gasteiger partial charge in [0.25, 0.3) is 0 Å². The molecule has 2 amide bonds. The van der Waals surface area contributed by atoms with E-state index in [1.54, 1.807) is 4.90 Å². The van der Waals surface area contributed by atoms with E-state index in [0.717, 1.165) is 33.6 Å². The fourth-order valence-electron chi connectivity index (χ4n) is 3.44. The highest BCUT2D eigenvalue weighted by Gasteiger charge is 2.24. The molecule has 0 spiro atoms. The van der Waals surface area contributed by atoms with Crippen molar-refractivity contribution < 1.29 is 9.59 Å². The number of aromatic nitrogens is 1. The Morgan fingerprint density at radius 3 is 2.79 bits per heavy atom. The van der Waals surface area contributed by atoms with Crippen LogP contribution in [0.3, 0.4) is 0 Å². The molecule has 5 nitrogen and oxygen atoms in total. The van der Waals surface area contributed by atoms with Crippen LogP contribution in [0.15, 0.2) is 59.6 Å². The molecule has 4 rings (SSSR count). The van der Waals surface area contributed by atoms with E-state index in [9.17, 15) is 9.59 Å². The molecule has 1 fully saturated rings. The van der Waals surface area contributed by atoms with E-state index in [2.05, 4.69) is 23.3 Å². The molecule has 0 saturated carbocycles. The van der Waals surface area contributed by atoms with Crippen molar-refractivity contribution in [1.82, 2.24) is 4.98 Å². The van der Waals surface area contributed by atoms with Gasteiger partial charge >= 0.3 is 0 Å². The molecule has 0 unspecified atom stereocenters. The Labute approximate surface area is 168 Å². The molecular formula is C22H21N3O2S. The van der Waals surface area contributed by atoms with Crippen molar-refractivity contribution >= 4 is 45.9 Å². The monoisotopic (exact) mass is 391 g/mol. The van der Waals surface area contributed by atoms with Crippen molar-refractivity contribution in [1.29, 1.82) is 0 Å². The third-order valence-corrected chi connectivity index (χ3v) is 5.70. The Morgan fingerprint density at radius 2 is 1.96 bits per heavy atom. The fraction of sp³-hybridized carbons (Fsp3) is 0.227. The van der Waals surface area contributed by atoms with Crippen LogP contribution in [0.1, 0.15) is 18.4 Å². The molecule has 0 radical (unpaired) electrons. The first-order chi connectivity index (χ1) is 13.6. The number of aryl methyl sites for hydroxylation is 1. The normalized spacial score (nSPS) is 13.9. The lowest BCUT2D eigenvalue weighted by Crippen LogP contribution is -2.26. The maximum atomic E-state index is 12.5. The highest BCUT2D eigenvalue weighted by Crippen LogP contribution is 2.30. The van der Waals surface area contributed by atoms with Crippen LogP contribution >= 0.6 is 11.8 Å². The van der Waals surface area contributed by atoms with E-state index in [1.807, 2.05) is 48.5 Å². The van der Waals surface area contributed by atoms with Crippen LogP contribution in [0, 0.1) is 6.92 Å². The minimum atomic E-state index is -0.114. The molecule has 6 heteroatoms. The van der Waals surface area contributed by atoms with Gasteiger partial charge in [-0.3, -0.25) is 9.59 Å². The summed E-state index contributed by atoms with van der Waals surface area (Å²) in [5.74, 6) is 0.246. The predicted octanol–water partition coefficient (Wildman–Crippen LogP) is 4.40. The number of hydrogen-bond acceptors (Lipinski definition) is 4. The summed E-state index contributed by atoms with van der Waals surface area (Å²) < 4.78 is 0. The quantitative estimate of drug-likeness (QED) is 0.655. The standard InChI is InChI=1S/C22H21N3O2S/c1-15-13-21(24-17-8-3-2-7-16(15)17)28-14-20(26)23-18-9-4-5-10-19(18)25-12-6-11-22(25)27/h2-5,7-10,13H,6,11-12,14H2,1H3,(H,23,26).